The van der Waals surface area contributed by atoms with Gasteiger partial charge in [-0.25, -0.2) is 0 Å². The molecular weight excluding hydrogens is 336 g/mol. The highest BCUT2D eigenvalue weighted by molar-refractivity contribution is 5.96. The third-order valence-electron chi connectivity index (χ3n) is 3.45. The van der Waals surface area contributed by atoms with Crippen LogP contribution in [0.2, 0.25) is 0 Å². The number of methoxy groups -OCH3 is 1. The summed E-state index contributed by atoms with van der Waals surface area (Å²) in [6.07, 6.45) is -0.793. The standard InChI is InChI=1S/C19H22N2O5/c1-4-25-15-8-10-16(11-9-15)26-13(2)18(22)20-21-19(23)14-6-5-7-17(12-14)24-3/h5-13H,4H2,1-3H3,(H,20,22)(H,21,23)/t13-/m0/s1. The molecule has 7 nitrogen and oxygen atoms in total. The largest absolute Gasteiger partial charge is 0.497 e. The average molecular weight is 358 g/mol. The molecule has 2 aromatic carbocycles. The number of hydrogen-bond acceptors (Lipinski definition) is 5. The van der Waals surface area contributed by atoms with E-state index in [1.807, 2.05) is 6.92 Å². The van der Waals surface area contributed by atoms with Crippen molar-refractivity contribution in [2.75, 3.05) is 13.7 Å². The number of carbonyl (C=O) groups excluding carboxylic acids is 2. The zero-order chi connectivity index (χ0) is 18.9. The maximum atomic E-state index is 12.1. The Morgan fingerprint density at radius 2 is 1.69 bits per heavy atom. The molecule has 0 aromatic heterocycles. The van der Waals surface area contributed by atoms with Gasteiger partial charge in [0.25, 0.3) is 11.8 Å². The molecule has 2 rings (SSSR count). The highest BCUT2D eigenvalue weighted by atomic mass is 16.5. The molecule has 0 spiro atoms. The van der Waals surface area contributed by atoms with E-state index in [1.165, 1.54) is 7.11 Å². The van der Waals surface area contributed by atoms with Gasteiger partial charge in [0.2, 0.25) is 0 Å². The number of hydrogen-bond donors (Lipinski definition) is 2. The minimum Gasteiger partial charge on any atom is -0.497 e. The van der Waals surface area contributed by atoms with Crippen LogP contribution in [0.25, 0.3) is 0 Å². The summed E-state index contributed by atoms with van der Waals surface area (Å²) in [5.74, 6) is 0.870. The van der Waals surface area contributed by atoms with Gasteiger partial charge < -0.3 is 14.2 Å². The summed E-state index contributed by atoms with van der Waals surface area (Å²) < 4.78 is 16.0. The van der Waals surface area contributed by atoms with Crippen molar-refractivity contribution in [1.29, 1.82) is 0 Å². The molecule has 0 bridgehead atoms. The Balaban J connectivity index is 1.85. The molecule has 138 valence electrons. The molecule has 0 radical (unpaired) electrons. The molecular formula is C19H22N2O5. The van der Waals surface area contributed by atoms with Crippen LogP contribution in [0.1, 0.15) is 24.2 Å². The molecule has 2 aromatic rings. The van der Waals surface area contributed by atoms with Crippen molar-refractivity contribution >= 4 is 11.8 Å². The predicted molar refractivity (Wildman–Crippen MR) is 96.3 cm³/mol. The second-order valence-electron chi connectivity index (χ2n) is 5.34. The summed E-state index contributed by atoms with van der Waals surface area (Å²) in [5, 5.41) is 0. The van der Waals surface area contributed by atoms with Crippen LogP contribution in [0, 0.1) is 0 Å². The first-order valence-electron chi connectivity index (χ1n) is 8.17. The number of ether oxygens (including phenoxy) is 3. The molecule has 26 heavy (non-hydrogen) atoms. The summed E-state index contributed by atoms with van der Waals surface area (Å²) >= 11 is 0. The Kier molecular flexibility index (Phi) is 6.84. The smallest absolute Gasteiger partial charge is 0.279 e. The highest BCUT2D eigenvalue weighted by Crippen LogP contribution is 2.18. The lowest BCUT2D eigenvalue weighted by atomic mass is 10.2. The highest BCUT2D eigenvalue weighted by Gasteiger charge is 2.16. The van der Waals surface area contributed by atoms with Gasteiger partial charge in [-0.15, -0.1) is 0 Å². The Morgan fingerprint density at radius 1 is 1.00 bits per heavy atom. The molecule has 0 unspecified atom stereocenters. The van der Waals surface area contributed by atoms with E-state index in [2.05, 4.69) is 10.9 Å². The van der Waals surface area contributed by atoms with Crippen LogP contribution >= 0.6 is 0 Å². The van der Waals surface area contributed by atoms with E-state index < -0.39 is 17.9 Å². The molecule has 0 saturated carbocycles. The van der Waals surface area contributed by atoms with Crippen molar-refractivity contribution in [3.8, 4) is 17.2 Å². The molecule has 0 heterocycles. The van der Waals surface area contributed by atoms with E-state index in [4.69, 9.17) is 14.2 Å². The predicted octanol–water partition coefficient (Wildman–Crippen LogP) is 2.32. The summed E-state index contributed by atoms with van der Waals surface area (Å²) in [5.41, 5.74) is 5.06. The van der Waals surface area contributed by atoms with E-state index in [0.717, 1.165) is 5.75 Å². The topological polar surface area (TPSA) is 85.9 Å². The van der Waals surface area contributed by atoms with E-state index in [0.29, 0.717) is 23.7 Å². The lowest BCUT2D eigenvalue weighted by Gasteiger charge is -2.15. The molecule has 0 aliphatic rings. The number of benzene rings is 2. The lowest BCUT2D eigenvalue weighted by molar-refractivity contribution is -0.128. The zero-order valence-corrected chi connectivity index (χ0v) is 14.9. The van der Waals surface area contributed by atoms with Crippen LogP contribution in [0.4, 0.5) is 0 Å². The SMILES string of the molecule is CCOc1ccc(O[C@@H](C)C(=O)NNC(=O)c2cccc(OC)c2)cc1. The van der Waals surface area contributed by atoms with Crippen LogP contribution < -0.4 is 25.1 Å². The van der Waals surface area contributed by atoms with Gasteiger partial charge in [-0.2, -0.15) is 0 Å². The fraction of sp³-hybridized carbons (Fsp3) is 0.263. The first-order chi connectivity index (χ1) is 12.5. The summed E-state index contributed by atoms with van der Waals surface area (Å²) in [6, 6.07) is 13.5. The quantitative estimate of drug-likeness (QED) is 0.742. The van der Waals surface area contributed by atoms with Gasteiger partial charge >= 0.3 is 0 Å². The third-order valence-corrected chi connectivity index (χ3v) is 3.45. The van der Waals surface area contributed by atoms with Crippen LogP contribution in [0.3, 0.4) is 0 Å². The van der Waals surface area contributed by atoms with Gasteiger partial charge in [-0.05, 0) is 56.3 Å². The van der Waals surface area contributed by atoms with Crippen molar-refractivity contribution in [1.82, 2.24) is 10.9 Å². The number of amides is 2. The van der Waals surface area contributed by atoms with Crippen molar-refractivity contribution in [2.45, 2.75) is 20.0 Å². The van der Waals surface area contributed by atoms with Gasteiger partial charge in [-0.1, -0.05) is 6.07 Å². The summed E-state index contributed by atoms with van der Waals surface area (Å²) in [6.45, 7) is 4.06. The van der Waals surface area contributed by atoms with E-state index in [1.54, 1.807) is 55.5 Å². The number of carbonyl (C=O) groups is 2. The average Bonchev–Trinajstić information content (AvgIpc) is 2.67. The number of nitrogens with one attached hydrogen (secondary N) is 2. The van der Waals surface area contributed by atoms with Crippen molar-refractivity contribution in [3.05, 3.63) is 54.1 Å². The molecule has 0 saturated heterocycles. The van der Waals surface area contributed by atoms with E-state index in [-0.39, 0.29) is 0 Å². The Labute approximate surface area is 152 Å². The third kappa shape index (κ3) is 5.41. The van der Waals surface area contributed by atoms with Gasteiger partial charge in [0, 0.05) is 5.56 Å². The van der Waals surface area contributed by atoms with Gasteiger partial charge in [-0.3, -0.25) is 20.4 Å². The van der Waals surface area contributed by atoms with Crippen LogP contribution in [-0.4, -0.2) is 31.6 Å². The minimum atomic E-state index is -0.793. The van der Waals surface area contributed by atoms with E-state index >= 15 is 0 Å². The fourth-order valence-electron chi connectivity index (χ4n) is 2.10. The molecule has 7 heteroatoms. The van der Waals surface area contributed by atoms with Gasteiger partial charge in [0.15, 0.2) is 6.10 Å². The fourth-order valence-corrected chi connectivity index (χ4v) is 2.10. The monoisotopic (exact) mass is 358 g/mol. The van der Waals surface area contributed by atoms with Crippen molar-refractivity contribution in [3.63, 3.8) is 0 Å². The van der Waals surface area contributed by atoms with Crippen LogP contribution in [-0.2, 0) is 4.79 Å². The Morgan fingerprint density at radius 3 is 2.35 bits per heavy atom. The first kappa shape index (κ1) is 19.1. The lowest BCUT2D eigenvalue weighted by Crippen LogP contribution is -2.47. The summed E-state index contributed by atoms with van der Waals surface area (Å²) in [4.78, 5) is 24.1. The minimum absolute atomic E-state index is 0.365. The molecule has 0 aliphatic carbocycles. The van der Waals surface area contributed by atoms with Gasteiger partial charge in [0.1, 0.15) is 17.2 Å². The summed E-state index contributed by atoms with van der Waals surface area (Å²) in [7, 11) is 1.51. The van der Waals surface area contributed by atoms with Crippen LogP contribution in [0.15, 0.2) is 48.5 Å². The van der Waals surface area contributed by atoms with Crippen molar-refractivity contribution < 1.29 is 23.8 Å². The van der Waals surface area contributed by atoms with Gasteiger partial charge in [0.05, 0.1) is 13.7 Å². The molecule has 2 amide bonds. The second-order valence-corrected chi connectivity index (χ2v) is 5.34. The Bertz CT molecular complexity index is 746. The first-order valence-corrected chi connectivity index (χ1v) is 8.17. The number of hydrazine groups is 1. The molecule has 0 aliphatic heterocycles. The van der Waals surface area contributed by atoms with E-state index in [9.17, 15) is 9.59 Å². The van der Waals surface area contributed by atoms with Crippen LogP contribution in [0.5, 0.6) is 17.2 Å². The normalized spacial score (nSPS) is 11.2. The maximum Gasteiger partial charge on any atom is 0.279 e. The second kappa shape index (κ2) is 9.31. The maximum absolute atomic E-state index is 12.1. The Hall–Kier alpha value is -3.22. The van der Waals surface area contributed by atoms with Crippen molar-refractivity contribution in [2.24, 2.45) is 0 Å². The molecule has 0 fully saturated rings. The number of rotatable bonds is 7. The zero-order valence-electron chi connectivity index (χ0n) is 14.9. The molecule has 2 N–H and O–H groups in total. The molecule has 1 atom stereocenters.